The van der Waals surface area contributed by atoms with E-state index in [0.717, 1.165) is 43.9 Å². The molecule has 1 aliphatic heterocycles. The Balaban J connectivity index is 1.20. The quantitative estimate of drug-likeness (QED) is 0.264. The third-order valence-electron chi connectivity index (χ3n) is 6.53. The van der Waals surface area contributed by atoms with Crippen LogP contribution in [-0.4, -0.2) is 56.7 Å². The number of aliphatic hydroxyl groups excluding tert-OH is 2. The number of nitrogens with one attached hydrogen (secondary N) is 1. The number of aromatic amines is 1. The third-order valence-corrected chi connectivity index (χ3v) is 7.67. The van der Waals surface area contributed by atoms with E-state index in [1.807, 2.05) is 23.7 Å². The molecule has 3 heterocycles. The smallest absolute Gasteiger partial charge is 0.294 e. The van der Waals surface area contributed by atoms with Gasteiger partial charge in [-0.1, -0.05) is 60.1 Å². The molecule has 0 radical (unpaired) electrons. The number of aromatic nitrogens is 3. The predicted octanol–water partition coefficient (Wildman–Crippen LogP) is 5.56. The first kappa shape index (κ1) is 24.1. The number of halogens is 1. The van der Waals surface area contributed by atoms with Crippen LogP contribution in [-0.2, 0) is 4.74 Å². The lowest BCUT2D eigenvalue weighted by molar-refractivity contribution is -0.131. The first-order valence-electron chi connectivity index (χ1n) is 11.9. The minimum Gasteiger partial charge on any atom is -0.459 e. The summed E-state index contributed by atoms with van der Waals surface area (Å²) in [5, 5.41) is 22.9. The maximum absolute atomic E-state index is 10.1. The second kappa shape index (κ2) is 10.2. The Bertz CT molecular complexity index is 1500. The topological polar surface area (TPSA) is 100 Å². The molecule has 3 aromatic carbocycles. The molecule has 0 spiro atoms. The molecule has 0 aliphatic carbocycles. The minimum atomic E-state index is -0.784. The van der Waals surface area contributed by atoms with Crippen molar-refractivity contribution in [1.29, 1.82) is 0 Å². The number of thiazole rings is 1. The number of ether oxygens (including phenoxy) is 2. The van der Waals surface area contributed by atoms with Crippen molar-refractivity contribution in [3.8, 4) is 38.8 Å². The molecule has 1 saturated heterocycles. The van der Waals surface area contributed by atoms with Crippen LogP contribution in [0, 0.1) is 0 Å². The summed E-state index contributed by atoms with van der Waals surface area (Å²) in [6.07, 6.45) is 0.445. The lowest BCUT2D eigenvalue weighted by atomic mass is 9.99. The Labute approximate surface area is 222 Å². The standard InChI is InChI=1S/C28H24ClN3O4S/c29-22-13-24-23(31-28(32-24)36-20-11-25(34)26(14-33)35-15-20)12-21(22)18-5-1-16(2-6-18)17-3-7-19(8-4-17)27-30-9-10-37-27/h1-10,12-13,20,25-26,33-34H,11,14-15H2,(H,31,32)/t20-,25+,26-/m1/s1. The van der Waals surface area contributed by atoms with Crippen molar-refractivity contribution in [3.05, 3.63) is 77.3 Å². The van der Waals surface area contributed by atoms with Gasteiger partial charge in [0.2, 0.25) is 0 Å². The van der Waals surface area contributed by atoms with Crippen molar-refractivity contribution < 1.29 is 19.7 Å². The van der Waals surface area contributed by atoms with Crippen LogP contribution in [0.5, 0.6) is 6.01 Å². The summed E-state index contributed by atoms with van der Waals surface area (Å²) in [6, 6.07) is 20.8. The van der Waals surface area contributed by atoms with Crippen LogP contribution in [0.2, 0.25) is 5.02 Å². The second-order valence-corrected chi connectivity index (χ2v) is 10.3. The minimum absolute atomic E-state index is 0.222. The number of aliphatic hydroxyl groups is 2. The molecular weight excluding hydrogens is 510 g/mol. The molecule has 1 fully saturated rings. The van der Waals surface area contributed by atoms with Gasteiger partial charge in [0.25, 0.3) is 6.01 Å². The molecule has 0 bridgehead atoms. The fraction of sp³-hybridized carbons (Fsp3) is 0.214. The normalized spacial score (nSPS) is 19.8. The van der Waals surface area contributed by atoms with E-state index in [9.17, 15) is 10.2 Å². The molecule has 3 atom stereocenters. The van der Waals surface area contributed by atoms with Gasteiger partial charge in [0.15, 0.2) is 0 Å². The summed E-state index contributed by atoms with van der Waals surface area (Å²) in [5.41, 5.74) is 6.69. The Hall–Kier alpha value is -3.27. The van der Waals surface area contributed by atoms with E-state index in [1.165, 1.54) is 0 Å². The van der Waals surface area contributed by atoms with Crippen LogP contribution in [0.1, 0.15) is 6.42 Å². The molecule has 0 amide bonds. The molecule has 7 nitrogen and oxygen atoms in total. The van der Waals surface area contributed by atoms with Gasteiger partial charge in [0.05, 0.1) is 35.4 Å². The Morgan fingerprint density at radius 3 is 2.38 bits per heavy atom. The van der Waals surface area contributed by atoms with Gasteiger partial charge in [-0.3, -0.25) is 0 Å². The molecule has 0 unspecified atom stereocenters. The van der Waals surface area contributed by atoms with E-state index in [-0.39, 0.29) is 19.3 Å². The van der Waals surface area contributed by atoms with Crippen LogP contribution < -0.4 is 4.74 Å². The maximum Gasteiger partial charge on any atom is 0.294 e. The zero-order valence-electron chi connectivity index (χ0n) is 19.7. The van der Waals surface area contributed by atoms with Gasteiger partial charge in [0, 0.05) is 29.1 Å². The van der Waals surface area contributed by atoms with Gasteiger partial charge >= 0.3 is 0 Å². The third kappa shape index (κ3) is 4.99. The number of nitrogens with zero attached hydrogens (tertiary/aromatic N) is 2. The van der Waals surface area contributed by atoms with Crippen molar-refractivity contribution in [2.75, 3.05) is 13.2 Å². The SMILES string of the molecule is OC[C@H]1OC[C@H](Oc2nc3cc(-c4ccc(-c5ccc(-c6nccs6)cc5)cc4)c(Cl)cc3[nH]2)C[C@@H]1O. The number of fused-ring (bicyclic) bond motifs is 1. The molecular formula is C28H24ClN3O4S. The summed E-state index contributed by atoms with van der Waals surface area (Å²) in [5.74, 6) is 0. The zero-order chi connectivity index (χ0) is 25.4. The second-order valence-electron chi connectivity index (χ2n) is 8.98. The van der Waals surface area contributed by atoms with Crippen LogP contribution >= 0.6 is 22.9 Å². The van der Waals surface area contributed by atoms with Crippen LogP contribution in [0.4, 0.5) is 0 Å². The molecule has 5 aromatic rings. The highest BCUT2D eigenvalue weighted by molar-refractivity contribution is 7.13. The Morgan fingerprint density at radius 1 is 1.03 bits per heavy atom. The van der Waals surface area contributed by atoms with Crippen molar-refractivity contribution in [2.45, 2.75) is 24.7 Å². The molecule has 37 heavy (non-hydrogen) atoms. The summed E-state index contributed by atoms with van der Waals surface area (Å²) in [4.78, 5) is 12.1. The fourth-order valence-electron chi connectivity index (χ4n) is 4.54. The lowest BCUT2D eigenvalue weighted by Gasteiger charge is -2.31. The van der Waals surface area contributed by atoms with Gasteiger partial charge in [-0.2, -0.15) is 4.98 Å². The van der Waals surface area contributed by atoms with E-state index < -0.39 is 12.2 Å². The molecule has 1 aliphatic rings. The number of hydrogen-bond donors (Lipinski definition) is 3. The van der Waals surface area contributed by atoms with E-state index in [1.54, 1.807) is 11.3 Å². The zero-order valence-corrected chi connectivity index (χ0v) is 21.2. The molecule has 6 rings (SSSR count). The Morgan fingerprint density at radius 2 is 1.73 bits per heavy atom. The van der Waals surface area contributed by atoms with Crippen molar-refractivity contribution in [3.63, 3.8) is 0 Å². The number of benzene rings is 3. The van der Waals surface area contributed by atoms with Crippen molar-refractivity contribution >= 4 is 34.0 Å². The first-order chi connectivity index (χ1) is 18.1. The maximum atomic E-state index is 10.1. The molecule has 2 aromatic heterocycles. The summed E-state index contributed by atoms with van der Waals surface area (Å²) < 4.78 is 11.4. The molecule has 9 heteroatoms. The van der Waals surface area contributed by atoms with Gasteiger partial charge in [-0.25, -0.2) is 4.98 Å². The highest BCUT2D eigenvalue weighted by atomic mass is 35.5. The highest BCUT2D eigenvalue weighted by Gasteiger charge is 2.31. The van der Waals surface area contributed by atoms with Crippen LogP contribution in [0.25, 0.3) is 43.9 Å². The average Bonchev–Trinajstić information content (AvgIpc) is 3.59. The van der Waals surface area contributed by atoms with Crippen molar-refractivity contribution in [2.24, 2.45) is 0 Å². The Kier molecular flexibility index (Phi) is 6.67. The number of rotatable bonds is 6. The summed E-state index contributed by atoms with van der Waals surface area (Å²) >= 11 is 8.27. The molecule has 3 N–H and O–H groups in total. The van der Waals surface area contributed by atoms with E-state index in [0.29, 0.717) is 17.5 Å². The first-order valence-corrected chi connectivity index (χ1v) is 13.2. The summed E-state index contributed by atoms with van der Waals surface area (Å²) in [7, 11) is 0. The van der Waals surface area contributed by atoms with E-state index >= 15 is 0 Å². The lowest BCUT2D eigenvalue weighted by Crippen LogP contribution is -2.45. The molecule has 0 saturated carbocycles. The number of imidazole rings is 1. The largest absolute Gasteiger partial charge is 0.459 e. The van der Waals surface area contributed by atoms with Gasteiger partial charge in [-0.05, 0) is 28.8 Å². The van der Waals surface area contributed by atoms with Crippen molar-refractivity contribution in [1.82, 2.24) is 15.0 Å². The monoisotopic (exact) mass is 533 g/mol. The molecule has 188 valence electrons. The van der Waals surface area contributed by atoms with Gasteiger partial charge in [-0.15, -0.1) is 11.3 Å². The van der Waals surface area contributed by atoms with Gasteiger partial charge < -0.3 is 24.7 Å². The van der Waals surface area contributed by atoms with Crippen LogP contribution in [0.15, 0.2) is 72.2 Å². The predicted molar refractivity (Wildman–Crippen MR) is 145 cm³/mol. The summed E-state index contributed by atoms with van der Waals surface area (Å²) in [6.45, 7) is 0.0473. The van der Waals surface area contributed by atoms with Crippen LogP contribution in [0.3, 0.4) is 0 Å². The van der Waals surface area contributed by atoms with E-state index in [2.05, 4.69) is 63.5 Å². The fourth-order valence-corrected chi connectivity index (χ4v) is 5.46. The highest BCUT2D eigenvalue weighted by Crippen LogP contribution is 2.34. The van der Waals surface area contributed by atoms with Gasteiger partial charge in [0.1, 0.15) is 17.2 Å². The van der Waals surface area contributed by atoms with E-state index in [4.69, 9.17) is 21.1 Å². The number of H-pyrrole nitrogens is 1. The number of hydrogen-bond acceptors (Lipinski definition) is 7. The average molecular weight is 534 g/mol.